The average Bonchev–Trinajstić information content (AvgIpc) is 2.40. The molecule has 9 heteroatoms. The molecule has 0 heterocycles. The first kappa shape index (κ1) is 14.9. The van der Waals surface area contributed by atoms with Crippen LogP contribution in [0.2, 0.25) is 0 Å². The summed E-state index contributed by atoms with van der Waals surface area (Å²) in [5, 5.41) is 21.6. The van der Waals surface area contributed by atoms with Crippen LogP contribution in [0.1, 0.15) is 0 Å². The van der Waals surface area contributed by atoms with Crippen LogP contribution in [0.25, 0.3) is 0 Å². The monoisotopic (exact) mass is 356 g/mol. The van der Waals surface area contributed by atoms with E-state index in [1.165, 1.54) is 18.2 Å². The molecule has 2 aromatic rings. The molecule has 0 radical (unpaired) electrons. The molecule has 2 rings (SSSR count). The minimum atomic E-state index is -0.876. The van der Waals surface area contributed by atoms with E-state index in [-0.39, 0.29) is 17.2 Å². The Hall–Kier alpha value is -2.55. The molecule has 0 aliphatic carbocycles. The van der Waals surface area contributed by atoms with Gasteiger partial charge in [0.1, 0.15) is 11.6 Å². The number of nitro groups is 2. The van der Waals surface area contributed by atoms with Crippen LogP contribution in [0.3, 0.4) is 0 Å². The maximum absolute atomic E-state index is 13.3. The van der Waals surface area contributed by atoms with Gasteiger partial charge in [0, 0.05) is 16.6 Å². The van der Waals surface area contributed by atoms with Gasteiger partial charge in [-0.1, -0.05) is 15.9 Å². The summed E-state index contributed by atoms with van der Waals surface area (Å²) in [5.41, 5.74) is -0.860. The van der Waals surface area contributed by atoms with Gasteiger partial charge in [0.05, 0.1) is 22.0 Å². The Morgan fingerprint density at radius 3 is 2.38 bits per heavy atom. The molecule has 0 bridgehead atoms. The highest BCUT2D eigenvalue weighted by molar-refractivity contribution is 9.10. The van der Waals surface area contributed by atoms with E-state index in [9.17, 15) is 24.6 Å². The molecule has 0 fully saturated rings. The van der Waals surface area contributed by atoms with Crippen LogP contribution in [-0.2, 0) is 0 Å². The number of ether oxygens (including phenoxy) is 1. The van der Waals surface area contributed by atoms with Crippen molar-refractivity contribution >= 4 is 27.3 Å². The van der Waals surface area contributed by atoms with Crippen molar-refractivity contribution in [3.05, 3.63) is 66.9 Å². The first-order chi connectivity index (χ1) is 9.86. The third-order valence-corrected chi connectivity index (χ3v) is 2.91. The molecule has 21 heavy (non-hydrogen) atoms. The highest BCUT2D eigenvalue weighted by Gasteiger charge is 2.18. The number of benzene rings is 2. The predicted molar refractivity (Wildman–Crippen MR) is 73.9 cm³/mol. The molecule has 7 nitrogen and oxygen atoms in total. The summed E-state index contributed by atoms with van der Waals surface area (Å²) >= 11 is 3.08. The Morgan fingerprint density at radius 2 is 1.76 bits per heavy atom. The Bertz CT molecular complexity index is 738. The van der Waals surface area contributed by atoms with Crippen molar-refractivity contribution in [2.75, 3.05) is 0 Å². The zero-order chi connectivity index (χ0) is 15.6. The lowest BCUT2D eigenvalue weighted by atomic mass is 10.2. The number of nitrogens with zero attached hydrogens (tertiary/aromatic N) is 2. The lowest BCUT2D eigenvalue weighted by Crippen LogP contribution is -1.95. The fourth-order valence-electron chi connectivity index (χ4n) is 1.56. The molecule has 0 spiro atoms. The lowest BCUT2D eigenvalue weighted by molar-refractivity contribution is -0.386. The summed E-state index contributed by atoms with van der Waals surface area (Å²) in [6, 6.07) is 6.62. The molecule has 0 aliphatic rings. The highest BCUT2D eigenvalue weighted by atomic mass is 79.9. The van der Waals surface area contributed by atoms with Gasteiger partial charge in [0.25, 0.3) is 5.69 Å². The SMILES string of the molecule is O=[N+]([O-])c1cc(F)cc(Oc2ccc(Br)cc2[N+](=O)[O-])c1. The number of halogens is 2. The van der Waals surface area contributed by atoms with Crippen LogP contribution in [0, 0.1) is 26.0 Å². The molecule has 0 saturated heterocycles. The fraction of sp³-hybridized carbons (Fsp3) is 0. The second-order valence-electron chi connectivity index (χ2n) is 3.87. The van der Waals surface area contributed by atoms with E-state index in [0.717, 1.165) is 18.2 Å². The third kappa shape index (κ3) is 3.51. The second-order valence-corrected chi connectivity index (χ2v) is 4.79. The van der Waals surface area contributed by atoms with Crippen molar-refractivity contribution in [3.8, 4) is 11.5 Å². The van der Waals surface area contributed by atoms with Crippen molar-refractivity contribution < 1.29 is 19.0 Å². The van der Waals surface area contributed by atoms with Gasteiger partial charge in [-0.15, -0.1) is 0 Å². The van der Waals surface area contributed by atoms with Crippen molar-refractivity contribution in [3.63, 3.8) is 0 Å². The van der Waals surface area contributed by atoms with E-state index in [1.807, 2.05) is 0 Å². The van der Waals surface area contributed by atoms with Gasteiger partial charge < -0.3 is 4.74 Å². The number of hydrogen-bond acceptors (Lipinski definition) is 5. The summed E-state index contributed by atoms with van der Waals surface area (Å²) in [4.78, 5) is 20.1. The van der Waals surface area contributed by atoms with E-state index in [4.69, 9.17) is 4.74 Å². The summed E-state index contributed by atoms with van der Waals surface area (Å²) in [6.45, 7) is 0. The van der Waals surface area contributed by atoms with E-state index in [2.05, 4.69) is 15.9 Å². The van der Waals surface area contributed by atoms with E-state index >= 15 is 0 Å². The molecule has 0 amide bonds. The number of non-ortho nitro benzene ring substituents is 1. The molecule has 0 unspecified atom stereocenters. The first-order valence-corrected chi connectivity index (χ1v) is 6.23. The molecule has 0 aromatic heterocycles. The highest BCUT2D eigenvalue weighted by Crippen LogP contribution is 2.34. The summed E-state index contributed by atoms with van der Waals surface area (Å²) in [7, 11) is 0. The van der Waals surface area contributed by atoms with Crippen LogP contribution in [0.15, 0.2) is 40.9 Å². The molecule has 0 aliphatic heterocycles. The quantitative estimate of drug-likeness (QED) is 0.604. The minimum Gasteiger partial charge on any atom is -0.450 e. The van der Waals surface area contributed by atoms with Gasteiger partial charge in [0.15, 0.2) is 0 Å². The third-order valence-electron chi connectivity index (χ3n) is 2.41. The second kappa shape index (κ2) is 5.83. The number of rotatable bonds is 4. The van der Waals surface area contributed by atoms with Crippen LogP contribution >= 0.6 is 15.9 Å². The maximum Gasteiger partial charge on any atom is 0.312 e. The molecular formula is C12H6BrFN2O5. The van der Waals surface area contributed by atoms with Crippen LogP contribution < -0.4 is 4.74 Å². The van der Waals surface area contributed by atoms with Crippen molar-refractivity contribution in [1.82, 2.24) is 0 Å². The average molecular weight is 357 g/mol. The zero-order valence-electron chi connectivity index (χ0n) is 10.2. The molecule has 0 saturated carbocycles. The van der Waals surface area contributed by atoms with E-state index in [1.54, 1.807) is 0 Å². The first-order valence-electron chi connectivity index (χ1n) is 5.43. The summed E-state index contributed by atoms with van der Waals surface area (Å²) < 4.78 is 18.9. The van der Waals surface area contributed by atoms with Gasteiger partial charge in [-0.25, -0.2) is 4.39 Å². The van der Waals surface area contributed by atoms with Crippen molar-refractivity contribution in [2.24, 2.45) is 0 Å². The van der Waals surface area contributed by atoms with E-state index < -0.39 is 21.4 Å². The Morgan fingerprint density at radius 1 is 1.05 bits per heavy atom. The Labute approximate surface area is 125 Å². The van der Waals surface area contributed by atoms with E-state index in [0.29, 0.717) is 4.47 Å². The topological polar surface area (TPSA) is 95.5 Å². The van der Waals surface area contributed by atoms with Crippen molar-refractivity contribution in [1.29, 1.82) is 0 Å². The lowest BCUT2D eigenvalue weighted by Gasteiger charge is -2.06. The number of nitro benzene ring substituents is 2. The molecule has 108 valence electrons. The normalized spacial score (nSPS) is 10.2. The molecule has 0 N–H and O–H groups in total. The summed E-state index contributed by atoms with van der Waals surface area (Å²) in [6.07, 6.45) is 0. The standard InChI is InChI=1S/C12H6BrFN2O5/c13-7-1-2-12(11(3-7)16(19)20)21-10-5-8(14)4-9(6-10)15(17)18/h1-6H. The molecular weight excluding hydrogens is 351 g/mol. The zero-order valence-corrected chi connectivity index (χ0v) is 11.7. The van der Waals surface area contributed by atoms with Gasteiger partial charge in [-0.05, 0) is 12.1 Å². The minimum absolute atomic E-state index is 0.150. The Balaban J connectivity index is 2.43. The van der Waals surface area contributed by atoms with Gasteiger partial charge in [0.2, 0.25) is 5.75 Å². The predicted octanol–water partition coefficient (Wildman–Crippen LogP) is 4.20. The van der Waals surface area contributed by atoms with Gasteiger partial charge >= 0.3 is 5.69 Å². The Kier molecular flexibility index (Phi) is 4.13. The largest absolute Gasteiger partial charge is 0.450 e. The number of hydrogen-bond donors (Lipinski definition) is 0. The van der Waals surface area contributed by atoms with Crippen LogP contribution in [0.4, 0.5) is 15.8 Å². The van der Waals surface area contributed by atoms with Crippen LogP contribution in [0.5, 0.6) is 11.5 Å². The van der Waals surface area contributed by atoms with Crippen LogP contribution in [-0.4, -0.2) is 9.85 Å². The molecule has 2 aromatic carbocycles. The van der Waals surface area contributed by atoms with Gasteiger partial charge in [-0.2, -0.15) is 0 Å². The smallest absolute Gasteiger partial charge is 0.312 e. The molecule has 0 atom stereocenters. The van der Waals surface area contributed by atoms with Gasteiger partial charge in [-0.3, -0.25) is 20.2 Å². The van der Waals surface area contributed by atoms with Crippen molar-refractivity contribution in [2.45, 2.75) is 0 Å². The maximum atomic E-state index is 13.3. The fourth-order valence-corrected chi connectivity index (χ4v) is 1.91. The summed E-state index contributed by atoms with van der Waals surface area (Å²) in [5.74, 6) is -1.23.